The van der Waals surface area contributed by atoms with E-state index in [1.807, 2.05) is 0 Å². The summed E-state index contributed by atoms with van der Waals surface area (Å²) in [5.41, 5.74) is -4.07. The Balaban J connectivity index is 1.64. The minimum atomic E-state index is -2.92. The van der Waals surface area contributed by atoms with E-state index in [-0.39, 0.29) is 22.7 Å². The first kappa shape index (κ1) is 30.0. The summed E-state index contributed by atoms with van der Waals surface area (Å²) in [6.07, 6.45) is -16.9. The molecule has 42 heavy (non-hydrogen) atoms. The number of phenolic OH excluding ortho intramolecular Hbond substituents is 3. The van der Waals surface area contributed by atoms with Crippen LogP contribution in [0.4, 0.5) is 0 Å². The van der Waals surface area contributed by atoms with Crippen molar-refractivity contribution in [3.8, 4) is 34.3 Å². The van der Waals surface area contributed by atoms with Crippen LogP contribution in [0.5, 0.6) is 23.0 Å². The molecule has 5 rings (SSSR count). The molecule has 0 saturated carbocycles. The van der Waals surface area contributed by atoms with Gasteiger partial charge in [0.15, 0.2) is 17.5 Å². The molecule has 0 spiro atoms. The van der Waals surface area contributed by atoms with Gasteiger partial charge in [-0.15, -0.1) is 0 Å². The first-order valence-corrected chi connectivity index (χ1v) is 12.8. The lowest BCUT2D eigenvalue weighted by atomic mass is 9.74. The fraction of sp³-hybridized carbons (Fsp3) is 0.444. The number of fused-ring (bicyclic) bond motifs is 1. The molecule has 0 aliphatic carbocycles. The number of hydrogen-bond acceptors (Lipinski definition) is 15. The highest BCUT2D eigenvalue weighted by Crippen LogP contribution is 2.41. The summed E-state index contributed by atoms with van der Waals surface area (Å²) in [6, 6.07) is 7.11. The molecular formula is C27H30O15. The predicted octanol–water partition coefficient (Wildman–Crippen LogP) is -2.00. The van der Waals surface area contributed by atoms with Crippen molar-refractivity contribution >= 4 is 11.0 Å². The Morgan fingerprint density at radius 2 is 1.55 bits per heavy atom. The van der Waals surface area contributed by atoms with E-state index in [0.29, 0.717) is 0 Å². The maximum atomic E-state index is 13.7. The summed E-state index contributed by atoms with van der Waals surface area (Å²) >= 11 is 0. The maximum absolute atomic E-state index is 13.7. The fourth-order valence-corrected chi connectivity index (χ4v) is 5.31. The van der Waals surface area contributed by atoms with Crippen LogP contribution < -0.4 is 10.2 Å². The van der Waals surface area contributed by atoms with Gasteiger partial charge in [-0.1, -0.05) is 0 Å². The molecule has 10 atom stereocenters. The quantitative estimate of drug-likeness (QED) is 0.153. The van der Waals surface area contributed by atoms with Gasteiger partial charge in [-0.05, 0) is 31.2 Å². The topological polar surface area (TPSA) is 260 Å². The Hall–Kier alpha value is -3.51. The molecule has 3 aromatic rings. The van der Waals surface area contributed by atoms with E-state index >= 15 is 0 Å². The Kier molecular flexibility index (Phi) is 7.82. The first-order valence-electron chi connectivity index (χ1n) is 12.8. The van der Waals surface area contributed by atoms with Crippen molar-refractivity contribution in [3.63, 3.8) is 0 Å². The second-order valence-electron chi connectivity index (χ2n) is 10.3. The molecule has 2 unspecified atom stereocenters. The number of hydrogen-bond donors (Lipinski definition) is 10. The summed E-state index contributed by atoms with van der Waals surface area (Å²) in [4.78, 5) is 13.7. The SMILES string of the molecule is C[C@H]1OC([C@@]2(O)[C@@H](O)C(Oc3c(-c4ccc(O)cc4)oc4cc(O)cc(O)c4c3=O)O[C@H](CO)[C@@H]2O)[C@@H](O)[C@@H](O)[C@@H]1O. The third kappa shape index (κ3) is 4.74. The number of ether oxygens (including phenoxy) is 3. The number of aliphatic hydroxyl groups excluding tert-OH is 6. The molecule has 2 aliphatic rings. The van der Waals surface area contributed by atoms with Gasteiger partial charge in [-0.3, -0.25) is 4.79 Å². The van der Waals surface area contributed by atoms with Gasteiger partial charge in [0.25, 0.3) is 0 Å². The van der Waals surface area contributed by atoms with Crippen LogP contribution in [0.15, 0.2) is 45.6 Å². The lowest BCUT2D eigenvalue weighted by molar-refractivity contribution is -0.361. The average molecular weight is 595 g/mol. The molecule has 2 fully saturated rings. The van der Waals surface area contributed by atoms with Gasteiger partial charge in [0.2, 0.25) is 17.5 Å². The molecule has 1 aromatic heterocycles. The smallest absolute Gasteiger partial charge is 0.239 e. The van der Waals surface area contributed by atoms with Crippen LogP contribution in [0.3, 0.4) is 0 Å². The van der Waals surface area contributed by atoms with Crippen molar-refractivity contribution in [3.05, 3.63) is 46.6 Å². The molecule has 0 radical (unpaired) electrons. The largest absolute Gasteiger partial charge is 0.508 e. The third-order valence-electron chi connectivity index (χ3n) is 7.64. The van der Waals surface area contributed by atoms with Crippen LogP contribution >= 0.6 is 0 Å². The maximum Gasteiger partial charge on any atom is 0.239 e. The van der Waals surface area contributed by atoms with Gasteiger partial charge in [0.05, 0.1) is 12.7 Å². The fourth-order valence-electron chi connectivity index (χ4n) is 5.31. The second kappa shape index (κ2) is 11.0. The van der Waals surface area contributed by atoms with E-state index in [1.165, 1.54) is 31.2 Å². The zero-order valence-corrected chi connectivity index (χ0v) is 21.9. The first-order chi connectivity index (χ1) is 19.8. The molecule has 228 valence electrons. The van der Waals surface area contributed by atoms with E-state index in [2.05, 4.69) is 0 Å². The molecule has 0 amide bonds. The number of aliphatic hydroxyl groups is 7. The van der Waals surface area contributed by atoms with Gasteiger partial charge < -0.3 is 69.7 Å². The summed E-state index contributed by atoms with van der Waals surface area (Å²) in [5.74, 6) is -2.28. The van der Waals surface area contributed by atoms with Crippen molar-refractivity contribution in [2.45, 2.75) is 67.6 Å². The molecule has 10 N–H and O–H groups in total. The van der Waals surface area contributed by atoms with Crippen LogP contribution in [0.25, 0.3) is 22.3 Å². The van der Waals surface area contributed by atoms with Gasteiger partial charge in [0.1, 0.15) is 64.8 Å². The van der Waals surface area contributed by atoms with Crippen LogP contribution in [-0.2, 0) is 9.47 Å². The minimum absolute atomic E-state index is 0.136. The van der Waals surface area contributed by atoms with Crippen molar-refractivity contribution in [1.82, 2.24) is 0 Å². The number of benzene rings is 2. The standard InChI is InChI=1S/C27H30O15/c1-9-17(32)19(34)20(35)25(39-9)27(38)23(36)15(8-28)41-26(24(27)37)42-22-18(33)16-13(31)6-12(30)7-14(16)40-21(22)10-2-4-11(29)5-3-10/h2-7,9,15,17,19-20,23-26,28-32,34-38H,8H2,1H3/t9-,15-,17-,19+,20+,23+,24+,25?,26?,27+/m1/s1. The average Bonchev–Trinajstić information content (AvgIpc) is 2.95. The van der Waals surface area contributed by atoms with E-state index < -0.39 is 95.4 Å². The normalized spacial score (nSPS) is 35.3. The molecule has 2 saturated heterocycles. The van der Waals surface area contributed by atoms with Crippen molar-refractivity contribution in [2.75, 3.05) is 6.61 Å². The molecule has 2 aliphatic heterocycles. The monoisotopic (exact) mass is 594 g/mol. The van der Waals surface area contributed by atoms with Gasteiger partial charge in [-0.2, -0.15) is 0 Å². The van der Waals surface area contributed by atoms with Gasteiger partial charge >= 0.3 is 0 Å². The van der Waals surface area contributed by atoms with Crippen molar-refractivity contribution in [1.29, 1.82) is 0 Å². The van der Waals surface area contributed by atoms with Gasteiger partial charge in [0, 0.05) is 17.7 Å². The van der Waals surface area contributed by atoms with Crippen LogP contribution in [-0.4, -0.2) is 118 Å². The van der Waals surface area contributed by atoms with Gasteiger partial charge in [-0.25, -0.2) is 0 Å². The Morgan fingerprint density at radius 1 is 0.881 bits per heavy atom. The molecule has 15 heteroatoms. The number of rotatable bonds is 5. The molecule has 15 nitrogen and oxygen atoms in total. The predicted molar refractivity (Wildman–Crippen MR) is 139 cm³/mol. The Bertz CT molecular complexity index is 1510. The second-order valence-corrected chi connectivity index (χ2v) is 10.3. The zero-order chi connectivity index (χ0) is 30.7. The van der Waals surface area contributed by atoms with Crippen LogP contribution in [0.2, 0.25) is 0 Å². The zero-order valence-electron chi connectivity index (χ0n) is 21.9. The lowest BCUT2D eigenvalue weighted by Crippen LogP contribution is -2.77. The Labute approximate surface area is 236 Å². The minimum Gasteiger partial charge on any atom is -0.508 e. The lowest BCUT2D eigenvalue weighted by Gasteiger charge is -2.54. The number of aromatic hydroxyl groups is 3. The summed E-state index contributed by atoms with van der Waals surface area (Å²) in [7, 11) is 0. The van der Waals surface area contributed by atoms with Crippen LogP contribution in [0.1, 0.15) is 6.92 Å². The van der Waals surface area contributed by atoms with Crippen molar-refractivity contribution in [2.24, 2.45) is 0 Å². The van der Waals surface area contributed by atoms with E-state index in [4.69, 9.17) is 18.6 Å². The molecule has 3 heterocycles. The summed E-state index contributed by atoms with van der Waals surface area (Å²) < 4.78 is 22.5. The number of phenols is 3. The van der Waals surface area contributed by atoms with E-state index in [9.17, 15) is 55.9 Å². The summed E-state index contributed by atoms with van der Waals surface area (Å²) in [6.45, 7) is 0.344. The summed E-state index contributed by atoms with van der Waals surface area (Å²) in [5, 5.41) is 104. The highest BCUT2D eigenvalue weighted by Gasteiger charge is 2.64. The third-order valence-corrected chi connectivity index (χ3v) is 7.64. The molecule has 2 aromatic carbocycles. The highest BCUT2D eigenvalue weighted by atomic mass is 16.7. The van der Waals surface area contributed by atoms with Crippen LogP contribution in [0, 0.1) is 0 Å². The Morgan fingerprint density at radius 3 is 2.19 bits per heavy atom. The van der Waals surface area contributed by atoms with E-state index in [0.717, 1.165) is 12.1 Å². The van der Waals surface area contributed by atoms with E-state index in [1.54, 1.807) is 0 Å². The molecule has 0 bridgehead atoms. The molecular weight excluding hydrogens is 564 g/mol. The highest BCUT2D eigenvalue weighted by molar-refractivity contribution is 5.88. The van der Waals surface area contributed by atoms with Crippen molar-refractivity contribution < 1.29 is 69.7 Å².